The number of ether oxygens (including phenoxy) is 1. The Morgan fingerprint density at radius 3 is 2.94 bits per heavy atom. The van der Waals surface area contributed by atoms with E-state index in [-0.39, 0.29) is 5.91 Å². The van der Waals surface area contributed by atoms with E-state index in [2.05, 4.69) is 5.32 Å². The standard InChI is InChI=1S/C13H18N2O2/c1-13(2,14)12(16)15-10-5-6-11-9(8-10)4-3-7-17-11/h5-6,8H,3-4,7,14H2,1-2H3,(H,15,16). The second-order valence-electron chi connectivity index (χ2n) is 4.95. The molecule has 1 aliphatic heterocycles. The fourth-order valence-corrected chi connectivity index (χ4v) is 1.73. The summed E-state index contributed by atoms with van der Waals surface area (Å²) >= 11 is 0. The van der Waals surface area contributed by atoms with E-state index >= 15 is 0 Å². The number of anilines is 1. The van der Waals surface area contributed by atoms with Gasteiger partial charge in [-0.1, -0.05) is 0 Å². The lowest BCUT2D eigenvalue weighted by atomic mass is 10.0. The van der Waals surface area contributed by atoms with E-state index in [9.17, 15) is 4.79 Å². The number of hydrogen-bond acceptors (Lipinski definition) is 3. The number of hydrogen-bond donors (Lipinski definition) is 2. The lowest BCUT2D eigenvalue weighted by Gasteiger charge is -2.20. The molecule has 0 fully saturated rings. The first kappa shape index (κ1) is 11.9. The van der Waals surface area contributed by atoms with Gasteiger partial charge in [-0.3, -0.25) is 4.79 Å². The van der Waals surface area contributed by atoms with Gasteiger partial charge in [-0.2, -0.15) is 0 Å². The van der Waals surface area contributed by atoms with E-state index in [4.69, 9.17) is 10.5 Å². The Labute approximate surface area is 101 Å². The maximum Gasteiger partial charge on any atom is 0.243 e. The molecule has 0 saturated carbocycles. The monoisotopic (exact) mass is 234 g/mol. The summed E-state index contributed by atoms with van der Waals surface area (Å²) in [6.45, 7) is 4.14. The smallest absolute Gasteiger partial charge is 0.243 e. The first-order valence-corrected chi connectivity index (χ1v) is 5.83. The van der Waals surface area contributed by atoms with Crippen LogP contribution >= 0.6 is 0 Å². The molecule has 1 aliphatic rings. The van der Waals surface area contributed by atoms with Crippen LogP contribution in [0.15, 0.2) is 18.2 Å². The van der Waals surface area contributed by atoms with Crippen LogP contribution in [0.1, 0.15) is 25.8 Å². The fourth-order valence-electron chi connectivity index (χ4n) is 1.73. The zero-order valence-corrected chi connectivity index (χ0v) is 10.2. The third-order valence-corrected chi connectivity index (χ3v) is 2.75. The molecular formula is C13H18N2O2. The van der Waals surface area contributed by atoms with Gasteiger partial charge in [-0.15, -0.1) is 0 Å². The van der Waals surface area contributed by atoms with Gasteiger partial charge in [0.1, 0.15) is 5.75 Å². The second-order valence-corrected chi connectivity index (χ2v) is 4.95. The summed E-state index contributed by atoms with van der Waals surface area (Å²) in [6, 6.07) is 5.69. The Hall–Kier alpha value is -1.55. The number of carbonyl (C=O) groups excluding carboxylic acids is 1. The summed E-state index contributed by atoms with van der Waals surface area (Å²) in [5.74, 6) is 0.732. The minimum atomic E-state index is -0.869. The number of aryl methyl sites for hydroxylation is 1. The molecule has 4 nitrogen and oxygen atoms in total. The van der Waals surface area contributed by atoms with Crippen LogP contribution in [0, 0.1) is 0 Å². The Morgan fingerprint density at radius 1 is 1.47 bits per heavy atom. The summed E-state index contributed by atoms with van der Waals surface area (Å²) in [6.07, 6.45) is 2.01. The molecule has 1 amide bonds. The van der Waals surface area contributed by atoms with Crippen molar-refractivity contribution in [3.63, 3.8) is 0 Å². The molecular weight excluding hydrogens is 216 g/mol. The average Bonchev–Trinajstić information content (AvgIpc) is 2.27. The van der Waals surface area contributed by atoms with E-state index in [0.29, 0.717) is 0 Å². The zero-order chi connectivity index (χ0) is 12.5. The molecule has 4 heteroatoms. The number of nitrogens with two attached hydrogens (primary N) is 1. The molecule has 0 unspecified atom stereocenters. The number of carbonyl (C=O) groups is 1. The van der Waals surface area contributed by atoms with Crippen LogP contribution in [0.5, 0.6) is 5.75 Å². The highest BCUT2D eigenvalue weighted by Crippen LogP contribution is 2.27. The van der Waals surface area contributed by atoms with Crippen molar-refractivity contribution < 1.29 is 9.53 Å². The third-order valence-electron chi connectivity index (χ3n) is 2.75. The highest BCUT2D eigenvalue weighted by Gasteiger charge is 2.22. The van der Waals surface area contributed by atoms with Gasteiger partial charge in [0, 0.05) is 5.69 Å². The van der Waals surface area contributed by atoms with Crippen molar-refractivity contribution in [3.8, 4) is 5.75 Å². The van der Waals surface area contributed by atoms with Crippen LogP contribution in [0.3, 0.4) is 0 Å². The first-order chi connectivity index (χ1) is 7.97. The molecule has 0 aromatic heterocycles. The van der Waals surface area contributed by atoms with Crippen molar-refractivity contribution in [2.75, 3.05) is 11.9 Å². The van der Waals surface area contributed by atoms with Gasteiger partial charge in [-0.05, 0) is 50.5 Å². The number of nitrogens with one attached hydrogen (secondary N) is 1. The summed E-state index contributed by atoms with van der Waals surface area (Å²) in [4.78, 5) is 11.7. The number of amides is 1. The molecule has 92 valence electrons. The van der Waals surface area contributed by atoms with E-state index in [1.807, 2.05) is 18.2 Å². The van der Waals surface area contributed by atoms with Crippen LogP contribution in [0.4, 0.5) is 5.69 Å². The van der Waals surface area contributed by atoms with E-state index in [1.165, 1.54) is 0 Å². The van der Waals surface area contributed by atoms with Crippen molar-refractivity contribution in [1.82, 2.24) is 0 Å². The Morgan fingerprint density at radius 2 is 2.24 bits per heavy atom. The van der Waals surface area contributed by atoms with Gasteiger partial charge in [0.25, 0.3) is 0 Å². The highest BCUT2D eigenvalue weighted by atomic mass is 16.5. The molecule has 0 aliphatic carbocycles. The van der Waals surface area contributed by atoms with Gasteiger partial charge in [-0.25, -0.2) is 0 Å². The van der Waals surface area contributed by atoms with E-state index < -0.39 is 5.54 Å². The van der Waals surface area contributed by atoms with Gasteiger partial charge < -0.3 is 15.8 Å². The maximum absolute atomic E-state index is 11.7. The van der Waals surface area contributed by atoms with Crippen LogP contribution < -0.4 is 15.8 Å². The molecule has 0 bridgehead atoms. The first-order valence-electron chi connectivity index (χ1n) is 5.83. The minimum Gasteiger partial charge on any atom is -0.493 e. The molecule has 0 spiro atoms. The molecule has 17 heavy (non-hydrogen) atoms. The predicted molar refractivity (Wildman–Crippen MR) is 67.2 cm³/mol. The summed E-state index contributed by atoms with van der Waals surface area (Å²) in [5.41, 5.74) is 6.78. The minimum absolute atomic E-state index is 0.186. The van der Waals surface area contributed by atoms with Gasteiger partial charge in [0.05, 0.1) is 12.1 Å². The summed E-state index contributed by atoms with van der Waals surface area (Å²) in [7, 11) is 0. The lowest BCUT2D eigenvalue weighted by molar-refractivity contribution is -0.120. The van der Waals surface area contributed by atoms with Crippen molar-refractivity contribution >= 4 is 11.6 Å². The van der Waals surface area contributed by atoms with Crippen LogP contribution in [-0.2, 0) is 11.2 Å². The Bertz CT molecular complexity index is 436. The number of rotatable bonds is 2. The quantitative estimate of drug-likeness (QED) is 0.818. The van der Waals surface area contributed by atoms with Crippen molar-refractivity contribution in [2.45, 2.75) is 32.2 Å². The third kappa shape index (κ3) is 2.77. The average molecular weight is 234 g/mol. The largest absolute Gasteiger partial charge is 0.493 e. The number of fused-ring (bicyclic) bond motifs is 1. The fraction of sp³-hybridized carbons (Fsp3) is 0.462. The van der Waals surface area contributed by atoms with Gasteiger partial charge in [0.2, 0.25) is 5.91 Å². The lowest BCUT2D eigenvalue weighted by Crippen LogP contribution is -2.45. The molecule has 0 saturated heterocycles. The molecule has 0 atom stereocenters. The Balaban J connectivity index is 2.15. The van der Waals surface area contributed by atoms with Gasteiger partial charge in [0.15, 0.2) is 0 Å². The summed E-state index contributed by atoms with van der Waals surface area (Å²) < 4.78 is 5.51. The van der Waals surface area contributed by atoms with Crippen LogP contribution in [0.2, 0.25) is 0 Å². The zero-order valence-electron chi connectivity index (χ0n) is 10.2. The molecule has 2 rings (SSSR count). The maximum atomic E-state index is 11.7. The Kier molecular flexibility index (Phi) is 3.07. The highest BCUT2D eigenvalue weighted by molar-refractivity contribution is 5.97. The molecule has 0 radical (unpaired) electrons. The van der Waals surface area contributed by atoms with Gasteiger partial charge >= 0.3 is 0 Å². The van der Waals surface area contributed by atoms with Crippen molar-refractivity contribution in [3.05, 3.63) is 23.8 Å². The number of benzene rings is 1. The van der Waals surface area contributed by atoms with E-state index in [1.54, 1.807) is 13.8 Å². The normalized spacial score (nSPS) is 14.8. The molecule has 3 N–H and O–H groups in total. The SMILES string of the molecule is CC(C)(N)C(=O)Nc1ccc2c(c1)CCCO2. The topological polar surface area (TPSA) is 64.4 Å². The summed E-state index contributed by atoms with van der Waals surface area (Å²) in [5, 5.41) is 2.81. The molecule has 1 aromatic carbocycles. The van der Waals surface area contributed by atoms with Crippen LogP contribution in [0.25, 0.3) is 0 Å². The van der Waals surface area contributed by atoms with Crippen molar-refractivity contribution in [1.29, 1.82) is 0 Å². The molecule has 1 aromatic rings. The van der Waals surface area contributed by atoms with E-state index in [0.717, 1.165) is 36.4 Å². The molecule has 1 heterocycles. The van der Waals surface area contributed by atoms with Crippen LogP contribution in [-0.4, -0.2) is 18.1 Å². The van der Waals surface area contributed by atoms with Crippen molar-refractivity contribution in [2.24, 2.45) is 5.73 Å². The predicted octanol–water partition coefficient (Wildman–Crippen LogP) is 1.69. The second kappa shape index (κ2) is 4.37.